The molecule has 1 aliphatic rings. The van der Waals surface area contributed by atoms with Gasteiger partial charge in [-0.25, -0.2) is 14.4 Å². The minimum Gasteiger partial charge on any atom is -0.365 e. The Bertz CT molecular complexity index is 631. The Hall–Kier alpha value is -1.67. The summed E-state index contributed by atoms with van der Waals surface area (Å²) in [5.74, 6) is 0.275. The number of halogens is 2. The minimum atomic E-state index is -0.419. The lowest BCUT2D eigenvalue weighted by molar-refractivity contribution is 0.312. The van der Waals surface area contributed by atoms with E-state index in [4.69, 9.17) is 0 Å². The summed E-state index contributed by atoms with van der Waals surface area (Å²) in [5, 5.41) is 3.46. The third kappa shape index (κ3) is 3.56. The van der Waals surface area contributed by atoms with Gasteiger partial charge in [0.05, 0.1) is 17.3 Å². The third-order valence-corrected chi connectivity index (χ3v) is 4.78. The SMILES string of the molecule is CNc1nc(F)c(CN2CCC(Cc3ncc(F)cn3)C2)s1. The van der Waals surface area contributed by atoms with Crippen LogP contribution in [-0.4, -0.2) is 40.0 Å². The Morgan fingerprint density at radius 3 is 2.82 bits per heavy atom. The number of nitrogens with one attached hydrogen (secondary N) is 1. The standard InChI is InChI=1S/C14H17F2N5S/c1-17-14-20-13(16)11(22-14)8-21-3-2-9(7-21)4-12-18-5-10(15)6-19-12/h5-6,9H,2-4,7-8H2,1H3,(H,17,20). The molecule has 118 valence electrons. The fourth-order valence-electron chi connectivity index (χ4n) is 2.67. The van der Waals surface area contributed by atoms with Crippen LogP contribution in [0.25, 0.3) is 0 Å². The van der Waals surface area contributed by atoms with Crippen molar-refractivity contribution < 1.29 is 8.78 Å². The smallest absolute Gasteiger partial charge is 0.230 e. The molecule has 1 aliphatic heterocycles. The van der Waals surface area contributed by atoms with E-state index in [1.807, 2.05) is 0 Å². The second kappa shape index (κ2) is 6.62. The zero-order valence-electron chi connectivity index (χ0n) is 12.2. The summed E-state index contributed by atoms with van der Waals surface area (Å²) >= 11 is 1.35. The van der Waals surface area contributed by atoms with Gasteiger partial charge in [0, 0.05) is 26.6 Å². The molecule has 0 bridgehead atoms. The third-order valence-electron chi connectivity index (χ3n) is 3.75. The van der Waals surface area contributed by atoms with Gasteiger partial charge in [0.2, 0.25) is 5.95 Å². The van der Waals surface area contributed by atoms with E-state index in [2.05, 4.69) is 25.2 Å². The molecule has 0 radical (unpaired) electrons. The van der Waals surface area contributed by atoms with Gasteiger partial charge in [-0.15, -0.1) is 0 Å². The van der Waals surface area contributed by atoms with Crippen molar-refractivity contribution in [3.8, 4) is 0 Å². The molecule has 1 saturated heterocycles. The summed E-state index contributed by atoms with van der Waals surface area (Å²) in [4.78, 5) is 14.7. The molecular weight excluding hydrogens is 308 g/mol. The lowest BCUT2D eigenvalue weighted by atomic mass is 10.0. The Morgan fingerprint density at radius 1 is 1.36 bits per heavy atom. The van der Waals surface area contributed by atoms with Gasteiger partial charge in [-0.2, -0.15) is 9.37 Å². The topological polar surface area (TPSA) is 53.9 Å². The predicted molar refractivity (Wildman–Crippen MR) is 80.7 cm³/mol. The Morgan fingerprint density at radius 2 is 2.14 bits per heavy atom. The lowest BCUT2D eigenvalue weighted by Crippen LogP contribution is -2.21. The fourth-order valence-corrected chi connectivity index (χ4v) is 3.50. The van der Waals surface area contributed by atoms with Crippen LogP contribution in [0.15, 0.2) is 12.4 Å². The summed E-state index contributed by atoms with van der Waals surface area (Å²) < 4.78 is 26.5. The van der Waals surface area contributed by atoms with Crippen molar-refractivity contribution in [3.63, 3.8) is 0 Å². The van der Waals surface area contributed by atoms with Crippen LogP contribution in [0.3, 0.4) is 0 Å². The minimum absolute atomic E-state index is 0.389. The van der Waals surface area contributed by atoms with Crippen molar-refractivity contribution >= 4 is 16.5 Å². The zero-order valence-corrected chi connectivity index (χ0v) is 13.0. The van der Waals surface area contributed by atoms with E-state index in [0.29, 0.717) is 28.3 Å². The summed E-state index contributed by atoms with van der Waals surface area (Å²) in [5.41, 5.74) is 0. The highest BCUT2D eigenvalue weighted by Crippen LogP contribution is 2.26. The monoisotopic (exact) mass is 325 g/mol. The van der Waals surface area contributed by atoms with E-state index in [9.17, 15) is 8.78 Å². The maximum Gasteiger partial charge on any atom is 0.230 e. The average molecular weight is 325 g/mol. The van der Waals surface area contributed by atoms with Gasteiger partial charge >= 0.3 is 0 Å². The van der Waals surface area contributed by atoms with Crippen LogP contribution in [0.4, 0.5) is 13.9 Å². The quantitative estimate of drug-likeness (QED) is 0.914. The first kappa shape index (κ1) is 15.2. The molecule has 0 aromatic carbocycles. The largest absolute Gasteiger partial charge is 0.365 e. The van der Waals surface area contributed by atoms with Crippen LogP contribution in [0.1, 0.15) is 17.1 Å². The molecular formula is C14H17F2N5S. The number of likely N-dealkylation sites (tertiary alicyclic amines) is 1. The molecule has 2 aromatic heterocycles. The number of rotatable bonds is 5. The van der Waals surface area contributed by atoms with E-state index in [1.165, 1.54) is 23.7 Å². The van der Waals surface area contributed by atoms with Crippen molar-refractivity contribution in [2.75, 3.05) is 25.5 Å². The molecule has 1 atom stereocenters. The first-order valence-electron chi connectivity index (χ1n) is 7.15. The highest BCUT2D eigenvalue weighted by atomic mass is 32.1. The van der Waals surface area contributed by atoms with E-state index < -0.39 is 5.82 Å². The Kier molecular flexibility index (Phi) is 4.58. The molecule has 3 heterocycles. The second-order valence-electron chi connectivity index (χ2n) is 5.39. The maximum atomic E-state index is 13.7. The van der Waals surface area contributed by atoms with Crippen LogP contribution < -0.4 is 5.32 Å². The van der Waals surface area contributed by atoms with Crippen molar-refractivity contribution in [1.29, 1.82) is 0 Å². The molecule has 5 nitrogen and oxygen atoms in total. The summed E-state index contributed by atoms with van der Waals surface area (Å²) in [6.07, 6.45) is 4.13. The number of nitrogens with zero attached hydrogens (tertiary/aromatic N) is 4. The van der Waals surface area contributed by atoms with E-state index in [1.54, 1.807) is 7.05 Å². The van der Waals surface area contributed by atoms with Crippen LogP contribution >= 0.6 is 11.3 Å². The lowest BCUT2D eigenvalue weighted by Gasteiger charge is -2.14. The molecule has 8 heteroatoms. The fraction of sp³-hybridized carbons (Fsp3) is 0.500. The molecule has 1 fully saturated rings. The van der Waals surface area contributed by atoms with E-state index in [0.717, 1.165) is 25.9 Å². The maximum absolute atomic E-state index is 13.7. The van der Waals surface area contributed by atoms with Gasteiger partial charge in [0.25, 0.3) is 0 Å². The Balaban J connectivity index is 1.55. The van der Waals surface area contributed by atoms with Crippen LogP contribution in [0.5, 0.6) is 0 Å². The number of thiazole rings is 1. The van der Waals surface area contributed by atoms with Gasteiger partial charge in [-0.05, 0) is 18.9 Å². The number of hydrogen-bond donors (Lipinski definition) is 1. The normalized spacial score (nSPS) is 18.8. The first-order valence-corrected chi connectivity index (χ1v) is 7.97. The molecule has 3 rings (SSSR count). The van der Waals surface area contributed by atoms with Gasteiger partial charge < -0.3 is 5.32 Å². The van der Waals surface area contributed by atoms with Gasteiger partial charge in [-0.3, -0.25) is 4.90 Å². The molecule has 1 unspecified atom stereocenters. The van der Waals surface area contributed by atoms with Crippen molar-refractivity contribution in [3.05, 3.63) is 34.9 Å². The number of aromatic nitrogens is 3. The van der Waals surface area contributed by atoms with Gasteiger partial charge in [-0.1, -0.05) is 11.3 Å². The van der Waals surface area contributed by atoms with Crippen molar-refractivity contribution in [2.45, 2.75) is 19.4 Å². The molecule has 0 saturated carbocycles. The second-order valence-corrected chi connectivity index (χ2v) is 6.48. The molecule has 0 spiro atoms. The molecule has 22 heavy (non-hydrogen) atoms. The van der Waals surface area contributed by atoms with E-state index >= 15 is 0 Å². The summed E-state index contributed by atoms with van der Waals surface area (Å²) in [7, 11) is 1.73. The molecule has 2 aromatic rings. The zero-order chi connectivity index (χ0) is 15.5. The molecule has 0 aliphatic carbocycles. The van der Waals surface area contributed by atoms with Crippen molar-refractivity contribution in [2.24, 2.45) is 5.92 Å². The van der Waals surface area contributed by atoms with Gasteiger partial charge in [0.1, 0.15) is 5.82 Å². The summed E-state index contributed by atoms with van der Waals surface area (Å²) in [6.45, 7) is 2.36. The van der Waals surface area contributed by atoms with Gasteiger partial charge in [0.15, 0.2) is 10.9 Å². The molecule has 1 N–H and O–H groups in total. The van der Waals surface area contributed by atoms with E-state index in [-0.39, 0.29) is 5.95 Å². The predicted octanol–water partition coefficient (Wildman–Crippen LogP) is 2.32. The van der Waals surface area contributed by atoms with Crippen LogP contribution in [-0.2, 0) is 13.0 Å². The van der Waals surface area contributed by atoms with Crippen LogP contribution in [0, 0.1) is 17.7 Å². The highest BCUT2D eigenvalue weighted by molar-refractivity contribution is 7.15. The summed E-state index contributed by atoms with van der Waals surface area (Å²) in [6, 6.07) is 0. The average Bonchev–Trinajstić information content (AvgIpc) is 3.09. The highest BCUT2D eigenvalue weighted by Gasteiger charge is 2.25. The van der Waals surface area contributed by atoms with Crippen molar-refractivity contribution in [1.82, 2.24) is 19.9 Å². The number of anilines is 1. The Labute approximate surface area is 131 Å². The molecule has 0 amide bonds. The first-order chi connectivity index (χ1) is 10.6. The number of hydrogen-bond acceptors (Lipinski definition) is 6. The van der Waals surface area contributed by atoms with Crippen LogP contribution in [0.2, 0.25) is 0 Å².